The third-order valence-corrected chi connectivity index (χ3v) is 5.75. The molecule has 158 valence electrons. The summed E-state index contributed by atoms with van der Waals surface area (Å²) in [6, 6.07) is 5.54. The Labute approximate surface area is 175 Å². The summed E-state index contributed by atoms with van der Waals surface area (Å²) in [6.45, 7) is 1.77. The summed E-state index contributed by atoms with van der Waals surface area (Å²) in [6.07, 6.45) is -0.951. The van der Waals surface area contributed by atoms with Gasteiger partial charge in [0, 0.05) is 43.7 Å². The van der Waals surface area contributed by atoms with E-state index >= 15 is 0 Å². The van der Waals surface area contributed by atoms with Crippen molar-refractivity contribution in [2.24, 2.45) is 0 Å². The van der Waals surface area contributed by atoms with Gasteiger partial charge in [-0.1, -0.05) is 0 Å². The summed E-state index contributed by atoms with van der Waals surface area (Å²) in [4.78, 5) is 42.3. The number of ether oxygens (including phenoxy) is 1. The molecule has 2 saturated heterocycles. The number of thiazole rings is 1. The molecular formula is C18H19N5O6S. The van der Waals surface area contributed by atoms with Gasteiger partial charge in [0.25, 0.3) is 11.6 Å². The number of likely N-dealkylation sites (tertiary alicyclic amines) is 1. The number of β-amino-alcohol motifs (C(OH)–C–C–N with tert-alkyl or cyclic N) is 1. The number of nitrogens with one attached hydrogen (secondary N) is 1. The van der Waals surface area contributed by atoms with Gasteiger partial charge in [0.1, 0.15) is 12.3 Å². The van der Waals surface area contributed by atoms with E-state index in [2.05, 4.69) is 10.3 Å². The molecule has 0 bridgehead atoms. The molecule has 2 amide bonds. The molecule has 0 aliphatic carbocycles. The second-order valence-electron chi connectivity index (χ2n) is 7.13. The van der Waals surface area contributed by atoms with E-state index in [-0.39, 0.29) is 30.3 Å². The Morgan fingerprint density at radius 1 is 1.27 bits per heavy atom. The first-order valence-electron chi connectivity index (χ1n) is 9.23. The van der Waals surface area contributed by atoms with Gasteiger partial charge in [0.05, 0.1) is 17.1 Å². The monoisotopic (exact) mass is 433 g/mol. The fourth-order valence-electron chi connectivity index (χ4n) is 3.09. The molecule has 30 heavy (non-hydrogen) atoms. The highest BCUT2D eigenvalue weighted by molar-refractivity contribution is 7.14. The second kappa shape index (κ2) is 8.24. The zero-order valence-electron chi connectivity index (χ0n) is 15.8. The average Bonchev–Trinajstić information content (AvgIpc) is 3.16. The number of amides is 2. The fraction of sp³-hybridized carbons (Fsp3) is 0.389. The number of anilines is 1. The zero-order chi connectivity index (χ0) is 21.3. The number of aromatic nitrogens is 1. The minimum Gasteiger partial charge on any atom is -0.445 e. The van der Waals surface area contributed by atoms with Crippen molar-refractivity contribution in [1.29, 1.82) is 0 Å². The summed E-state index contributed by atoms with van der Waals surface area (Å²) in [5.74, 6) is -0.198. The van der Waals surface area contributed by atoms with Crippen LogP contribution in [0.4, 0.5) is 15.6 Å². The Hall–Kier alpha value is -3.25. The van der Waals surface area contributed by atoms with Crippen LogP contribution in [0.5, 0.6) is 0 Å². The van der Waals surface area contributed by atoms with Crippen LogP contribution in [-0.4, -0.2) is 70.2 Å². The van der Waals surface area contributed by atoms with Gasteiger partial charge in [-0.25, -0.2) is 9.78 Å². The van der Waals surface area contributed by atoms with Crippen LogP contribution in [0.25, 0.3) is 0 Å². The Morgan fingerprint density at radius 2 is 1.97 bits per heavy atom. The number of carbonyl (C=O) groups excluding carboxylic acids is 2. The van der Waals surface area contributed by atoms with Gasteiger partial charge in [-0.3, -0.25) is 14.9 Å². The van der Waals surface area contributed by atoms with Crippen LogP contribution in [0.3, 0.4) is 0 Å². The maximum atomic E-state index is 12.5. The molecule has 4 rings (SSSR count). The number of nitro benzene ring substituents is 1. The summed E-state index contributed by atoms with van der Waals surface area (Å²) >= 11 is 1.36. The highest BCUT2D eigenvalue weighted by Gasteiger charge is 2.34. The first-order chi connectivity index (χ1) is 14.4. The van der Waals surface area contributed by atoms with Gasteiger partial charge in [0.2, 0.25) is 0 Å². The number of alkyl carbamates (subject to hydrolysis) is 1. The van der Waals surface area contributed by atoms with Crippen molar-refractivity contribution >= 4 is 34.2 Å². The molecule has 12 heteroatoms. The summed E-state index contributed by atoms with van der Waals surface area (Å²) < 4.78 is 5.11. The summed E-state index contributed by atoms with van der Waals surface area (Å²) in [5, 5.41) is 25.1. The molecule has 0 atom stereocenters. The molecular weight excluding hydrogens is 414 g/mol. The third kappa shape index (κ3) is 4.33. The lowest BCUT2D eigenvalue weighted by atomic mass is 10.1. The Bertz CT molecular complexity index is 952. The average molecular weight is 433 g/mol. The van der Waals surface area contributed by atoms with Crippen LogP contribution < -0.4 is 10.2 Å². The molecule has 0 radical (unpaired) electrons. The van der Waals surface area contributed by atoms with Gasteiger partial charge in [-0.05, 0) is 17.7 Å². The smallest absolute Gasteiger partial charge is 0.407 e. The molecule has 0 saturated carbocycles. The molecule has 1 aromatic heterocycles. The standard InChI is InChI=1S/C18H19N5O6S/c24-14-7-22(8-14)17-20-15(10-30-17)16(25)21-5-12(6-21)19-18(26)29-9-11-1-3-13(4-2-11)23(27)28/h1-4,10,12,14,24H,5-9H2,(H,19,26). The summed E-state index contributed by atoms with van der Waals surface area (Å²) in [5.41, 5.74) is 0.961. The van der Waals surface area contributed by atoms with Crippen LogP contribution >= 0.6 is 11.3 Å². The van der Waals surface area contributed by atoms with E-state index in [4.69, 9.17) is 4.74 Å². The van der Waals surface area contributed by atoms with Crippen molar-refractivity contribution in [2.75, 3.05) is 31.1 Å². The Kier molecular flexibility index (Phi) is 5.50. The van der Waals surface area contributed by atoms with E-state index in [9.17, 15) is 24.8 Å². The van der Waals surface area contributed by atoms with Crippen LogP contribution in [0, 0.1) is 10.1 Å². The van der Waals surface area contributed by atoms with Crippen molar-refractivity contribution in [1.82, 2.24) is 15.2 Å². The van der Waals surface area contributed by atoms with Gasteiger partial charge in [-0.15, -0.1) is 11.3 Å². The van der Waals surface area contributed by atoms with Crippen LogP contribution in [0.2, 0.25) is 0 Å². The molecule has 0 spiro atoms. The van der Waals surface area contributed by atoms with Crippen molar-refractivity contribution < 1.29 is 24.4 Å². The van der Waals surface area contributed by atoms with Crippen molar-refractivity contribution in [2.45, 2.75) is 18.8 Å². The quantitative estimate of drug-likeness (QED) is 0.508. The molecule has 2 aromatic rings. The molecule has 2 aliphatic rings. The number of rotatable bonds is 6. The topological polar surface area (TPSA) is 138 Å². The van der Waals surface area contributed by atoms with Crippen molar-refractivity contribution in [3.05, 3.63) is 51.0 Å². The molecule has 2 N–H and O–H groups in total. The SMILES string of the molecule is O=C(NC1CN(C(=O)c2csc(N3CC(O)C3)n2)C1)OCc1ccc([N+](=O)[O-])cc1. The van der Waals surface area contributed by atoms with E-state index in [1.165, 1.54) is 35.6 Å². The van der Waals surface area contributed by atoms with Gasteiger partial charge < -0.3 is 25.0 Å². The van der Waals surface area contributed by atoms with Gasteiger partial charge in [0.15, 0.2) is 5.13 Å². The number of nitro groups is 1. The normalized spacial score (nSPS) is 16.6. The number of carbonyl (C=O) groups is 2. The van der Waals surface area contributed by atoms with E-state index in [1.54, 1.807) is 10.3 Å². The van der Waals surface area contributed by atoms with E-state index < -0.39 is 11.0 Å². The zero-order valence-corrected chi connectivity index (χ0v) is 16.6. The number of non-ortho nitro benzene ring substituents is 1. The number of hydrogen-bond acceptors (Lipinski definition) is 9. The summed E-state index contributed by atoms with van der Waals surface area (Å²) in [7, 11) is 0. The molecule has 2 aliphatic heterocycles. The second-order valence-corrected chi connectivity index (χ2v) is 7.96. The first kappa shape index (κ1) is 20.0. The Morgan fingerprint density at radius 3 is 2.60 bits per heavy atom. The molecule has 2 fully saturated rings. The molecule has 11 nitrogen and oxygen atoms in total. The van der Waals surface area contributed by atoms with E-state index in [1.807, 2.05) is 4.90 Å². The van der Waals surface area contributed by atoms with E-state index in [0.29, 0.717) is 42.6 Å². The molecule has 1 aromatic carbocycles. The van der Waals surface area contributed by atoms with Crippen LogP contribution in [-0.2, 0) is 11.3 Å². The number of aliphatic hydroxyl groups excluding tert-OH is 1. The van der Waals surface area contributed by atoms with Gasteiger partial charge >= 0.3 is 6.09 Å². The number of aliphatic hydroxyl groups is 1. The number of benzene rings is 1. The third-order valence-electron chi connectivity index (χ3n) is 4.85. The van der Waals surface area contributed by atoms with Crippen molar-refractivity contribution in [3.63, 3.8) is 0 Å². The minimum atomic E-state index is -0.613. The van der Waals surface area contributed by atoms with Crippen LogP contribution in [0.1, 0.15) is 16.1 Å². The predicted octanol–water partition coefficient (Wildman–Crippen LogP) is 0.983. The highest BCUT2D eigenvalue weighted by Crippen LogP contribution is 2.26. The van der Waals surface area contributed by atoms with Crippen molar-refractivity contribution in [3.8, 4) is 0 Å². The fourth-order valence-corrected chi connectivity index (χ4v) is 3.91. The minimum absolute atomic E-state index is 0.00795. The predicted molar refractivity (Wildman–Crippen MR) is 106 cm³/mol. The maximum absolute atomic E-state index is 12.5. The van der Waals surface area contributed by atoms with E-state index in [0.717, 1.165) is 0 Å². The largest absolute Gasteiger partial charge is 0.445 e. The highest BCUT2D eigenvalue weighted by atomic mass is 32.1. The lowest BCUT2D eigenvalue weighted by molar-refractivity contribution is -0.384. The van der Waals surface area contributed by atoms with Gasteiger partial charge in [-0.2, -0.15) is 0 Å². The number of nitrogens with zero attached hydrogens (tertiary/aromatic N) is 4. The lowest BCUT2D eigenvalue weighted by Crippen LogP contribution is -2.61. The molecule has 3 heterocycles. The number of hydrogen-bond donors (Lipinski definition) is 2. The Balaban J connectivity index is 1.18. The molecule has 0 unspecified atom stereocenters. The first-order valence-corrected chi connectivity index (χ1v) is 10.1. The van der Waals surface area contributed by atoms with Crippen LogP contribution in [0.15, 0.2) is 29.6 Å². The maximum Gasteiger partial charge on any atom is 0.407 e. The lowest BCUT2D eigenvalue weighted by Gasteiger charge is -2.38.